The summed E-state index contributed by atoms with van der Waals surface area (Å²) in [5.41, 5.74) is 1.31. The fourth-order valence-corrected chi connectivity index (χ4v) is 3.46. The van der Waals surface area contributed by atoms with Gasteiger partial charge in [0.15, 0.2) is 6.10 Å². The molecule has 4 rings (SSSR count). The van der Waals surface area contributed by atoms with E-state index in [9.17, 15) is 9.90 Å². The molecule has 0 spiro atoms. The van der Waals surface area contributed by atoms with Crippen LogP contribution in [0.15, 0.2) is 42.7 Å². The molecule has 2 heterocycles. The molecule has 2 aromatic carbocycles. The highest BCUT2D eigenvalue weighted by molar-refractivity contribution is 6.32. The summed E-state index contributed by atoms with van der Waals surface area (Å²) in [4.78, 5) is 23.1. The molecular formula is C21H21ClN4O4. The van der Waals surface area contributed by atoms with E-state index >= 15 is 0 Å². The molecule has 0 radical (unpaired) electrons. The Balaban J connectivity index is 1.63. The van der Waals surface area contributed by atoms with Crippen LogP contribution in [0.1, 0.15) is 6.92 Å². The Labute approximate surface area is 178 Å². The summed E-state index contributed by atoms with van der Waals surface area (Å²) in [5, 5.41) is 13.7. The number of carbonyl (C=O) groups excluding carboxylic acids is 1. The molecule has 1 atom stereocenters. The third-order valence-electron chi connectivity index (χ3n) is 4.81. The zero-order valence-electron chi connectivity index (χ0n) is 16.3. The van der Waals surface area contributed by atoms with Gasteiger partial charge in [-0.05, 0) is 37.3 Å². The van der Waals surface area contributed by atoms with Crippen LogP contribution in [0.4, 0.5) is 11.5 Å². The summed E-state index contributed by atoms with van der Waals surface area (Å²) >= 11 is 6.01. The van der Waals surface area contributed by atoms with Crippen molar-refractivity contribution in [2.75, 3.05) is 31.6 Å². The van der Waals surface area contributed by atoms with E-state index in [1.165, 1.54) is 12.4 Å². The third kappa shape index (κ3) is 4.24. The molecule has 156 valence electrons. The van der Waals surface area contributed by atoms with E-state index in [-0.39, 0.29) is 16.7 Å². The van der Waals surface area contributed by atoms with Crippen molar-refractivity contribution in [1.29, 1.82) is 0 Å². The van der Waals surface area contributed by atoms with Crippen LogP contribution in [0.3, 0.4) is 0 Å². The zero-order valence-corrected chi connectivity index (χ0v) is 17.1. The van der Waals surface area contributed by atoms with E-state index in [2.05, 4.69) is 15.3 Å². The number of carbonyl (C=O) groups is 1. The highest BCUT2D eigenvalue weighted by atomic mass is 35.5. The topological polar surface area (TPSA) is 96.8 Å². The largest absolute Gasteiger partial charge is 0.506 e. The molecule has 1 saturated heterocycles. The van der Waals surface area contributed by atoms with Crippen molar-refractivity contribution < 1.29 is 19.4 Å². The van der Waals surface area contributed by atoms with Gasteiger partial charge in [0.2, 0.25) is 0 Å². The predicted octanol–water partition coefficient (Wildman–Crippen LogP) is 3.36. The molecule has 9 heteroatoms. The zero-order chi connectivity index (χ0) is 21.1. The first-order chi connectivity index (χ1) is 14.5. The standard InChI is InChI=1S/C21H21ClN4O4/c1-13(21(28)26-7-9-29-10-8-26)30-18-4-2-3-16-19(18)20(24-12-23-16)25-14-5-6-17(27)15(22)11-14/h2-6,11-13,27H,7-10H2,1H3,(H,23,24,25)/t13-/m1/s1. The number of fused-ring (bicyclic) bond motifs is 1. The number of anilines is 2. The Bertz CT molecular complexity index is 1070. The number of ether oxygens (including phenoxy) is 2. The van der Waals surface area contributed by atoms with Crippen LogP contribution in [0.5, 0.6) is 11.5 Å². The Morgan fingerprint density at radius 2 is 2.07 bits per heavy atom. The van der Waals surface area contributed by atoms with E-state index < -0.39 is 6.10 Å². The van der Waals surface area contributed by atoms with Crippen LogP contribution in [0.2, 0.25) is 5.02 Å². The van der Waals surface area contributed by atoms with Crippen molar-refractivity contribution in [3.05, 3.63) is 47.7 Å². The molecule has 0 bridgehead atoms. The highest BCUT2D eigenvalue weighted by Gasteiger charge is 2.25. The molecule has 1 aliphatic heterocycles. The highest BCUT2D eigenvalue weighted by Crippen LogP contribution is 2.34. The van der Waals surface area contributed by atoms with Gasteiger partial charge in [0.1, 0.15) is 23.6 Å². The smallest absolute Gasteiger partial charge is 0.263 e. The second-order valence-electron chi connectivity index (χ2n) is 6.86. The lowest BCUT2D eigenvalue weighted by Crippen LogP contribution is -2.46. The Morgan fingerprint density at radius 1 is 1.27 bits per heavy atom. The molecule has 1 fully saturated rings. The number of hydrogen-bond donors (Lipinski definition) is 2. The first kappa shape index (κ1) is 20.2. The van der Waals surface area contributed by atoms with E-state index in [4.69, 9.17) is 21.1 Å². The van der Waals surface area contributed by atoms with Crippen LogP contribution in [0, 0.1) is 0 Å². The number of hydrogen-bond acceptors (Lipinski definition) is 7. The number of morpholine rings is 1. The average Bonchev–Trinajstić information content (AvgIpc) is 2.76. The number of aromatic nitrogens is 2. The normalized spacial score (nSPS) is 15.1. The number of aromatic hydroxyl groups is 1. The lowest BCUT2D eigenvalue weighted by molar-refractivity contribution is -0.142. The minimum atomic E-state index is -0.676. The van der Waals surface area contributed by atoms with Crippen LogP contribution in [-0.2, 0) is 9.53 Å². The first-order valence-electron chi connectivity index (χ1n) is 9.55. The lowest BCUT2D eigenvalue weighted by atomic mass is 10.2. The maximum Gasteiger partial charge on any atom is 0.263 e. The van der Waals surface area contributed by atoms with E-state index in [1.807, 2.05) is 12.1 Å². The van der Waals surface area contributed by atoms with Gasteiger partial charge >= 0.3 is 0 Å². The van der Waals surface area contributed by atoms with Gasteiger partial charge in [0.05, 0.1) is 29.1 Å². The van der Waals surface area contributed by atoms with E-state index in [0.29, 0.717) is 54.5 Å². The summed E-state index contributed by atoms with van der Waals surface area (Å²) in [6.45, 7) is 3.90. The van der Waals surface area contributed by atoms with E-state index in [1.54, 1.807) is 30.0 Å². The molecule has 0 saturated carbocycles. The minimum Gasteiger partial charge on any atom is -0.506 e. The second-order valence-corrected chi connectivity index (χ2v) is 7.27. The van der Waals surface area contributed by atoms with Crippen molar-refractivity contribution in [3.63, 3.8) is 0 Å². The molecule has 0 aliphatic carbocycles. The SMILES string of the molecule is C[C@@H](Oc1cccc2ncnc(Nc3ccc(O)c(Cl)c3)c12)C(=O)N1CCOCC1. The Hall–Kier alpha value is -3.10. The summed E-state index contributed by atoms with van der Waals surface area (Å²) in [5.74, 6) is 0.902. The quantitative estimate of drug-likeness (QED) is 0.601. The van der Waals surface area contributed by atoms with Crippen molar-refractivity contribution in [2.45, 2.75) is 13.0 Å². The number of benzene rings is 2. The summed E-state index contributed by atoms with van der Waals surface area (Å²) in [7, 11) is 0. The monoisotopic (exact) mass is 428 g/mol. The molecule has 8 nitrogen and oxygen atoms in total. The molecular weight excluding hydrogens is 408 g/mol. The summed E-state index contributed by atoms with van der Waals surface area (Å²) < 4.78 is 11.4. The van der Waals surface area contributed by atoms with Gasteiger partial charge in [0, 0.05) is 18.8 Å². The Kier molecular flexibility index (Phi) is 5.87. The molecule has 2 N–H and O–H groups in total. The van der Waals surface area contributed by atoms with Crippen LogP contribution < -0.4 is 10.1 Å². The number of nitrogens with zero attached hydrogens (tertiary/aromatic N) is 3. The van der Waals surface area contributed by atoms with Crippen molar-refractivity contribution in [2.24, 2.45) is 0 Å². The van der Waals surface area contributed by atoms with Gasteiger partial charge in [-0.1, -0.05) is 17.7 Å². The van der Waals surface area contributed by atoms with Crippen LogP contribution >= 0.6 is 11.6 Å². The maximum atomic E-state index is 12.7. The second kappa shape index (κ2) is 8.73. The number of halogens is 1. The predicted molar refractivity (Wildman–Crippen MR) is 113 cm³/mol. The van der Waals surface area contributed by atoms with E-state index in [0.717, 1.165) is 0 Å². The maximum absolute atomic E-state index is 12.7. The van der Waals surface area contributed by atoms with Crippen molar-refractivity contribution in [3.8, 4) is 11.5 Å². The number of nitrogens with one attached hydrogen (secondary N) is 1. The molecule has 1 aliphatic rings. The van der Waals surface area contributed by atoms with Gasteiger partial charge in [-0.2, -0.15) is 0 Å². The number of amides is 1. The van der Waals surface area contributed by atoms with Crippen molar-refractivity contribution >= 4 is 39.9 Å². The van der Waals surface area contributed by atoms with Crippen LogP contribution in [-0.4, -0.2) is 58.3 Å². The summed E-state index contributed by atoms with van der Waals surface area (Å²) in [6, 6.07) is 10.2. The molecule has 1 aromatic heterocycles. The third-order valence-corrected chi connectivity index (χ3v) is 5.11. The minimum absolute atomic E-state index is 0.00534. The van der Waals surface area contributed by atoms with Crippen LogP contribution in [0.25, 0.3) is 10.9 Å². The van der Waals surface area contributed by atoms with Gasteiger partial charge in [-0.15, -0.1) is 0 Å². The van der Waals surface area contributed by atoms with Crippen molar-refractivity contribution in [1.82, 2.24) is 14.9 Å². The van der Waals surface area contributed by atoms with Gasteiger partial charge in [0.25, 0.3) is 5.91 Å². The molecule has 3 aromatic rings. The van der Waals surface area contributed by atoms with Gasteiger partial charge in [-0.25, -0.2) is 9.97 Å². The fraction of sp³-hybridized carbons (Fsp3) is 0.286. The summed E-state index contributed by atoms with van der Waals surface area (Å²) in [6.07, 6.45) is 0.767. The molecule has 0 unspecified atom stereocenters. The number of phenolic OH excluding ortho intramolecular Hbond substituents is 1. The number of phenols is 1. The molecule has 1 amide bonds. The Morgan fingerprint density at radius 3 is 2.83 bits per heavy atom. The van der Waals surface area contributed by atoms with Gasteiger partial charge in [-0.3, -0.25) is 4.79 Å². The fourth-order valence-electron chi connectivity index (χ4n) is 3.27. The average molecular weight is 429 g/mol. The van der Waals surface area contributed by atoms with Gasteiger partial charge < -0.3 is 24.8 Å². The molecule has 30 heavy (non-hydrogen) atoms. The number of rotatable bonds is 5. The lowest BCUT2D eigenvalue weighted by Gasteiger charge is -2.29. The first-order valence-corrected chi connectivity index (χ1v) is 9.93.